The summed E-state index contributed by atoms with van der Waals surface area (Å²) in [6, 6.07) is 22.0. The molecule has 0 atom stereocenters. The van der Waals surface area contributed by atoms with Crippen LogP contribution in [0.1, 0.15) is 28.7 Å². The van der Waals surface area contributed by atoms with Crippen molar-refractivity contribution in [1.29, 1.82) is 0 Å². The molecule has 1 aliphatic rings. The average Bonchev–Trinajstić information content (AvgIpc) is 2.83. The summed E-state index contributed by atoms with van der Waals surface area (Å²) in [6.07, 6.45) is 12.6. The monoisotopic (exact) mass is 472 g/mol. The van der Waals surface area contributed by atoms with E-state index in [0.717, 1.165) is 39.3 Å². The Labute approximate surface area is 199 Å². The normalized spacial score (nSPS) is 13.6. The summed E-state index contributed by atoms with van der Waals surface area (Å²) in [4.78, 5) is -0.107. The Hall–Kier alpha value is -3.40. The lowest BCUT2D eigenvalue weighted by atomic mass is 9.96. The molecule has 0 fully saturated rings. The quantitative estimate of drug-likeness (QED) is 0.240. The van der Waals surface area contributed by atoms with Gasteiger partial charge in [-0.25, -0.2) is 0 Å². The van der Waals surface area contributed by atoms with Gasteiger partial charge in [0.25, 0.3) is 10.1 Å². The molecule has 0 amide bonds. The summed E-state index contributed by atoms with van der Waals surface area (Å²) >= 11 is 5.92. The van der Waals surface area contributed by atoms with Gasteiger partial charge in [-0.05, 0) is 64.1 Å². The smallest absolute Gasteiger partial charge is 0.282 e. The number of benzene rings is 3. The molecule has 3 aromatic carbocycles. The second-order valence-corrected chi connectivity index (χ2v) is 9.36. The van der Waals surface area contributed by atoms with Crippen LogP contribution >= 0.6 is 11.6 Å². The summed E-state index contributed by atoms with van der Waals surface area (Å²) < 4.78 is 32.4. The molecule has 0 aromatic heterocycles. The second kappa shape index (κ2) is 10.0. The fraction of sp³-hybridized carbons (Fsp3) is 0.0357. The van der Waals surface area contributed by atoms with E-state index in [1.165, 1.54) is 6.07 Å². The van der Waals surface area contributed by atoms with Gasteiger partial charge < -0.3 is 0 Å². The summed E-state index contributed by atoms with van der Waals surface area (Å²) in [7, 11) is -4.27. The zero-order chi connectivity index (χ0) is 23.3. The van der Waals surface area contributed by atoms with Gasteiger partial charge in [0.15, 0.2) is 0 Å². The standard InChI is InChI=1S/C28H21ClO3S/c29-27-19-12-22(13-20-27)6-5-21-7-14-24(15-8-21)25-16-9-23(10-17-25)11-18-26-3-1-2-4-28(26)33(30,31)32/h1-4,6-7,9-20H,8H2,(H,30,31,32). The molecule has 0 saturated carbocycles. The topological polar surface area (TPSA) is 54.4 Å². The first-order valence-electron chi connectivity index (χ1n) is 10.3. The molecule has 0 radical (unpaired) electrons. The first-order valence-corrected chi connectivity index (χ1v) is 12.1. The van der Waals surface area contributed by atoms with Crippen LogP contribution in [0.5, 0.6) is 0 Å². The van der Waals surface area contributed by atoms with Gasteiger partial charge >= 0.3 is 0 Å². The van der Waals surface area contributed by atoms with Crippen LogP contribution in [-0.4, -0.2) is 13.0 Å². The van der Waals surface area contributed by atoms with Crippen LogP contribution in [0, 0.1) is 0 Å². The van der Waals surface area contributed by atoms with E-state index in [2.05, 4.69) is 24.0 Å². The van der Waals surface area contributed by atoms with E-state index < -0.39 is 10.1 Å². The van der Waals surface area contributed by atoms with Crippen LogP contribution < -0.4 is 0 Å². The molecule has 33 heavy (non-hydrogen) atoms. The van der Waals surface area contributed by atoms with Gasteiger partial charge in [0.1, 0.15) is 4.90 Å². The van der Waals surface area contributed by atoms with Crippen molar-refractivity contribution in [2.24, 2.45) is 0 Å². The third-order valence-electron chi connectivity index (χ3n) is 5.20. The molecule has 0 spiro atoms. The molecule has 1 N–H and O–H groups in total. The van der Waals surface area contributed by atoms with Crippen LogP contribution in [0.3, 0.4) is 0 Å². The molecule has 5 heteroatoms. The SMILES string of the molecule is O=S(=O)(O)c1ccccc1C=Cc1ccc(C2=CCC(=C=Cc3ccc(Cl)cc3)C=C2)cc1. The van der Waals surface area contributed by atoms with Crippen molar-refractivity contribution >= 4 is 45.5 Å². The predicted molar refractivity (Wildman–Crippen MR) is 136 cm³/mol. The van der Waals surface area contributed by atoms with Gasteiger partial charge in [0.2, 0.25) is 0 Å². The molecule has 164 valence electrons. The highest BCUT2D eigenvalue weighted by Crippen LogP contribution is 2.25. The van der Waals surface area contributed by atoms with Crippen LogP contribution in [0.25, 0.3) is 23.8 Å². The molecule has 0 unspecified atom stereocenters. The van der Waals surface area contributed by atoms with Gasteiger partial charge in [0.05, 0.1) is 0 Å². The Kier molecular flexibility index (Phi) is 6.93. The molecule has 3 aromatic rings. The lowest BCUT2D eigenvalue weighted by molar-refractivity contribution is 0.483. The van der Waals surface area contributed by atoms with E-state index in [4.69, 9.17) is 11.6 Å². The molecular weight excluding hydrogens is 452 g/mol. The van der Waals surface area contributed by atoms with Gasteiger partial charge in [-0.3, -0.25) is 4.55 Å². The second-order valence-electron chi connectivity index (χ2n) is 7.53. The number of hydrogen-bond acceptors (Lipinski definition) is 2. The first-order chi connectivity index (χ1) is 15.9. The Balaban J connectivity index is 1.45. The van der Waals surface area contributed by atoms with Crippen molar-refractivity contribution < 1.29 is 13.0 Å². The molecule has 4 rings (SSSR count). The van der Waals surface area contributed by atoms with E-state index in [-0.39, 0.29) is 4.90 Å². The van der Waals surface area contributed by atoms with Crippen LogP contribution in [-0.2, 0) is 10.1 Å². The van der Waals surface area contributed by atoms with Gasteiger partial charge in [-0.2, -0.15) is 8.42 Å². The number of halogens is 1. The fourth-order valence-corrected chi connectivity index (χ4v) is 4.24. The Morgan fingerprint density at radius 1 is 0.848 bits per heavy atom. The molecule has 1 aliphatic carbocycles. The predicted octanol–water partition coefficient (Wildman–Crippen LogP) is 7.34. The molecule has 3 nitrogen and oxygen atoms in total. The molecule has 0 aliphatic heterocycles. The summed E-state index contributed by atoms with van der Waals surface area (Å²) in [5.41, 5.74) is 9.09. The highest BCUT2D eigenvalue weighted by Gasteiger charge is 2.12. The maximum Gasteiger partial charge on any atom is 0.295 e. The van der Waals surface area contributed by atoms with Gasteiger partial charge in [-0.1, -0.05) is 96.6 Å². The molecule has 0 saturated heterocycles. The van der Waals surface area contributed by atoms with Crippen molar-refractivity contribution in [2.45, 2.75) is 11.3 Å². The highest BCUT2D eigenvalue weighted by atomic mass is 35.5. The highest BCUT2D eigenvalue weighted by molar-refractivity contribution is 7.85. The number of hydrogen-bond donors (Lipinski definition) is 1. The lowest BCUT2D eigenvalue weighted by Gasteiger charge is -2.09. The first kappa shape index (κ1) is 22.8. The Morgan fingerprint density at radius 2 is 1.55 bits per heavy atom. The maximum absolute atomic E-state index is 11.5. The van der Waals surface area contributed by atoms with Crippen molar-refractivity contribution in [1.82, 2.24) is 0 Å². The summed E-state index contributed by atoms with van der Waals surface area (Å²) in [5, 5.41) is 0.717. The zero-order valence-electron chi connectivity index (χ0n) is 17.6. The van der Waals surface area contributed by atoms with Gasteiger partial charge in [-0.15, -0.1) is 5.73 Å². The molecule has 0 heterocycles. The Bertz CT molecular complexity index is 1420. The van der Waals surface area contributed by atoms with E-state index in [0.29, 0.717) is 5.56 Å². The van der Waals surface area contributed by atoms with E-state index >= 15 is 0 Å². The minimum atomic E-state index is -4.27. The zero-order valence-corrected chi connectivity index (χ0v) is 19.2. The third kappa shape index (κ3) is 6.10. The summed E-state index contributed by atoms with van der Waals surface area (Å²) in [6.45, 7) is 0. The van der Waals surface area contributed by atoms with Crippen molar-refractivity contribution in [2.75, 3.05) is 0 Å². The van der Waals surface area contributed by atoms with E-state index in [9.17, 15) is 13.0 Å². The fourth-order valence-electron chi connectivity index (χ4n) is 3.43. The van der Waals surface area contributed by atoms with Crippen molar-refractivity contribution in [3.05, 3.63) is 130 Å². The molecular formula is C28H21ClO3S. The van der Waals surface area contributed by atoms with Crippen LogP contribution in [0.4, 0.5) is 0 Å². The minimum absolute atomic E-state index is 0.107. The number of rotatable bonds is 5. The van der Waals surface area contributed by atoms with E-state index in [1.807, 2.05) is 60.7 Å². The van der Waals surface area contributed by atoms with Crippen LogP contribution in [0.15, 0.2) is 107 Å². The minimum Gasteiger partial charge on any atom is -0.282 e. The summed E-state index contributed by atoms with van der Waals surface area (Å²) in [5.74, 6) is 0. The van der Waals surface area contributed by atoms with Crippen LogP contribution in [0.2, 0.25) is 5.02 Å². The van der Waals surface area contributed by atoms with Gasteiger partial charge in [0, 0.05) is 5.02 Å². The lowest BCUT2D eigenvalue weighted by Crippen LogP contribution is -2.00. The average molecular weight is 473 g/mol. The number of allylic oxidation sites excluding steroid dienone is 5. The van der Waals surface area contributed by atoms with Crippen molar-refractivity contribution in [3.63, 3.8) is 0 Å². The maximum atomic E-state index is 11.5. The Morgan fingerprint density at radius 3 is 2.21 bits per heavy atom. The third-order valence-corrected chi connectivity index (χ3v) is 6.38. The molecule has 0 bridgehead atoms. The van der Waals surface area contributed by atoms with E-state index in [1.54, 1.807) is 24.3 Å². The van der Waals surface area contributed by atoms with Crippen molar-refractivity contribution in [3.8, 4) is 0 Å². The largest absolute Gasteiger partial charge is 0.295 e.